The fourth-order valence-electron chi connectivity index (χ4n) is 14.3. The van der Waals surface area contributed by atoms with Crippen LogP contribution in [0.4, 0.5) is 0 Å². The minimum atomic E-state index is -1.45. The molecule has 69 heavy (non-hydrogen) atoms. The summed E-state index contributed by atoms with van der Waals surface area (Å²) in [5.74, 6) is -1.96. The lowest BCUT2D eigenvalue weighted by atomic mass is 9.37. The van der Waals surface area contributed by atoms with Gasteiger partial charge in [-0.2, -0.15) is 0 Å². The Labute approximate surface area is 412 Å². The van der Waals surface area contributed by atoms with Gasteiger partial charge in [-0.15, -0.1) is 0 Å². The predicted octanol–water partition coefficient (Wildman–Crippen LogP) is 14.5. The first-order valence-corrected chi connectivity index (χ1v) is 25.2. The molecule has 6 unspecified atom stereocenters. The van der Waals surface area contributed by atoms with E-state index < -0.39 is 45.7 Å². The first kappa shape index (κ1) is 42.5. The molecule has 13 rings (SSSR count). The van der Waals surface area contributed by atoms with Gasteiger partial charge in [-0.25, -0.2) is 0 Å². The summed E-state index contributed by atoms with van der Waals surface area (Å²) in [4.78, 5) is 0. The van der Waals surface area contributed by atoms with Crippen molar-refractivity contribution < 1.29 is 10.2 Å². The molecule has 2 nitrogen and oxygen atoms in total. The van der Waals surface area contributed by atoms with Crippen LogP contribution >= 0.6 is 15.9 Å². The molecular formula is C66H53BrO2. The molecule has 0 amide bonds. The Balaban J connectivity index is 1.12. The van der Waals surface area contributed by atoms with Gasteiger partial charge in [-0.1, -0.05) is 220 Å². The van der Waals surface area contributed by atoms with Crippen LogP contribution in [0.1, 0.15) is 49.9 Å². The van der Waals surface area contributed by atoms with Crippen molar-refractivity contribution in [1.29, 1.82) is 0 Å². The van der Waals surface area contributed by atoms with Crippen LogP contribution in [0.15, 0.2) is 205 Å². The van der Waals surface area contributed by atoms with Crippen molar-refractivity contribution in [1.82, 2.24) is 0 Å². The maximum atomic E-state index is 14.9. The highest BCUT2D eigenvalue weighted by Crippen LogP contribution is 2.71. The summed E-state index contributed by atoms with van der Waals surface area (Å²) in [6.07, 6.45) is 4.61. The number of halogens is 1. The van der Waals surface area contributed by atoms with Crippen LogP contribution in [0.2, 0.25) is 0 Å². The van der Waals surface area contributed by atoms with Gasteiger partial charge in [0.2, 0.25) is 0 Å². The highest BCUT2D eigenvalue weighted by molar-refractivity contribution is 9.10. The number of hydrogen-bond acceptors (Lipinski definition) is 2. The molecule has 0 saturated heterocycles. The summed E-state index contributed by atoms with van der Waals surface area (Å²) >= 11 is 3.81. The van der Waals surface area contributed by atoms with Crippen molar-refractivity contribution in [2.24, 2.45) is 23.7 Å². The second-order valence-corrected chi connectivity index (χ2v) is 22.2. The number of hydrogen-bond donors (Lipinski definition) is 2. The Morgan fingerprint density at radius 1 is 0.377 bits per heavy atom. The molecule has 0 bridgehead atoms. The van der Waals surface area contributed by atoms with Crippen LogP contribution in [-0.2, 0) is 22.0 Å². The van der Waals surface area contributed by atoms with Gasteiger partial charge in [-0.3, -0.25) is 0 Å². The topological polar surface area (TPSA) is 40.5 Å². The van der Waals surface area contributed by atoms with Crippen molar-refractivity contribution in [2.45, 2.75) is 49.7 Å². The minimum absolute atomic E-state index is 0.457. The molecule has 0 spiro atoms. The van der Waals surface area contributed by atoms with Gasteiger partial charge in [0.15, 0.2) is 0 Å². The first-order chi connectivity index (χ1) is 33.4. The number of benzene rings is 10. The molecule has 3 aliphatic rings. The third-order valence-electron chi connectivity index (χ3n) is 17.1. The quantitative estimate of drug-likeness (QED) is 0.173. The average molecular weight is 958 g/mol. The Hall–Kier alpha value is -6.62. The van der Waals surface area contributed by atoms with Crippen LogP contribution in [0, 0.1) is 23.7 Å². The average Bonchev–Trinajstić information content (AvgIpc) is 3.37. The number of aliphatic hydroxyl groups is 2. The second-order valence-electron chi connectivity index (χ2n) is 21.3. The van der Waals surface area contributed by atoms with Gasteiger partial charge < -0.3 is 10.2 Å². The maximum Gasteiger partial charge on any atom is 0.101 e. The normalized spacial score (nSPS) is 24.2. The minimum Gasteiger partial charge on any atom is -0.384 e. The lowest BCUT2D eigenvalue weighted by molar-refractivity contribution is -0.247. The van der Waals surface area contributed by atoms with E-state index in [-0.39, 0.29) is 0 Å². The standard InChI is InChI=1S/C66H53BrO2/c1-63(2)55-25-15-16-26-56(55)64(3,4)62-61(63)65(68,48-28-31-53-46(35-48)33-43-21-11-13-23-51(43)59(53)40-17-7-5-8-18-40)57-38-42-27-30-50(67)37-45(42)39-58(57)66(62,69)49-29-32-54-47(36-49)34-44-22-12-14-24-52(44)60(54)41-19-9-6-10-20-41/h5-39,57-58,61-62,68-69H,1-4H3. The predicted molar refractivity (Wildman–Crippen MR) is 290 cm³/mol. The van der Waals surface area contributed by atoms with Gasteiger partial charge in [-0.05, 0) is 145 Å². The van der Waals surface area contributed by atoms with E-state index in [1.165, 1.54) is 33.0 Å². The number of fused-ring (bicyclic) bond motifs is 8. The summed E-state index contributed by atoms with van der Waals surface area (Å²) < 4.78 is 0.979. The maximum absolute atomic E-state index is 14.9. The van der Waals surface area contributed by atoms with Gasteiger partial charge in [0.25, 0.3) is 0 Å². The van der Waals surface area contributed by atoms with Crippen molar-refractivity contribution in [2.75, 3.05) is 0 Å². The Kier molecular flexibility index (Phi) is 9.35. The van der Waals surface area contributed by atoms with Crippen molar-refractivity contribution >= 4 is 71.2 Å². The summed E-state index contributed by atoms with van der Waals surface area (Å²) in [6, 6.07) is 72.1. The largest absolute Gasteiger partial charge is 0.384 e. The molecule has 2 N–H and O–H groups in total. The smallest absolute Gasteiger partial charge is 0.101 e. The number of rotatable bonds is 4. The zero-order valence-electron chi connectivity index (χ0n) is 39.3. The van der Waals surface area contributed by atoms with E-state index in [9.17, 15) is 10.2 Å². The molecule has 10 aromatic rings. The lowest BCUT2D eigenvalue weighted by Gasteiger charge is -2.69. The molecule has 10 aromatic carbocycles. The summed E-state index contributed by atoms with van der Waals surface area (Å²) in [5.41, 5.74) is 4.81. The highest BCUT2D eigenvalue weighted by atomic mass is 79.9. The molecule has 1 saturated carbocycles. The van der Waals surface area contributed by atoms with Crippen LogP contribution in [0.5, 0.6) is 0 Å². The summed E-state index contributed by atoms with van der Waals surface area (Å²) in [7, 11) is 0. The van der Waals surface area contributed by atoms with Gasteiger partial charge >= 0.3 is 0 Å². The van der Waals surface area contributed by atoms with E-state index in [0.29, 0.717) is 0 Å². The Bertz CT molecular complexity index is 3870. The van der Waals surface area contributed by atoms with Crippen LogP contribution in [-0.4, -0.2) is 10.2 Å². The molecule has 6 atom stereocenters. The molecule has 3 heteroatoms. The van der Waals surface area contributed by atoms with E-state index in [0.717, 1.165) is 69.5 Å². The fourth-order valence-corrected chi connectivity index (χ4v) is 14.6. The van der Waals surface area contributed by atoms with Crippen LogP contribution in [0.25, 0.3) is 77.5 Å². The summed E-state index contributed by atoms with van der Waals surface area (Å²) in [6.45, 7) is 9.29. The molecule has 0 radical (unpaired) electrons. The van der Waals surface area contributed by atoms with E-state index in [1.54, 1.807) is 0 Å². The SMILES string of the molecule is CC1(C)c2ccccc2C(C)(C)C2C1C(O)(c1ccc3c(-c4ccccc4)c4ccccc4cc3c1)C1C=c3ccc(Br)cc3=CC1C2(O)c1ccc2c(-c3ccccc3)c3ccccc3cc2c1. The third-order valence-corrected chi connectivity index (χ3v) is 17.6. The summed E-state index contributed by atoms with van der Waals surface area (Å²) in [5, 5.41) is 41.2. The van der Waals surface area contributed by atoms with Gasteiger partial charge in [0, 0.05) is 28.1 Å². The van der Waals surface area contributed by atoms with Crippen molar-refractivity contribution in [3.05, 3.63) is 237 Å². The Morgan fingerprint density at radius 2 is 0.783 bits per heavy atom. The highest BCUT2D eigenvalue weighted by Gasteiger charge is 2.72. The second kappa shape index (κ2) is 15.2. The lowest BCUT2D eigenvalue weighted by Crippen LogP contribution is -2.72. The molecule has 0 aromatic heterocycles. The van der Waals surface area contributed by atoms with E-state index in [1.807, 2.05) is 0 Å². The van der Waals surface area contributed by atoms with Crippen molar-refractivity contribution in [3.8, 4) is 22.3 Å². The zero-order chi connectivity index (χ0) is 47.0. The molecule has 0 aliphatic heterocycles. The Morgan fingerprint density at radius 3 is 1.26 bits per heavy atom. The first-order valence-electron chi connectivity index (χ1n) is 24.5. The van der Waals surface area contributed by atoms with Crippen LogP contribution in [0.3, 0.4) is 0 Å². The monoisotopic (exact) mass is 956 g/mol. The molecular weight excluding hydrogens is 905 g/mol. The fraction of sp³-hybridized carbons (Fsp3) is 0.182. The van der Waals surface area contributed by atoms with Gasteiger partial charge in [0.05, 0.1) is 0 Å². The van der Waals surface area contributed by atoms with Crippen molar-refractivity contribution in [3.63, 3.8) is 0 Å². The molecule has 0 heterocycles. The third kappa shape index (κ3) is 6.03. The van der Waals surface area contributed by atoms with E-state index >= 15 is 0 Å². The van der Waals surface area contributed by atoms with E-state index in [4.69, 9.17) is 0 Å². The van der Waals surface area contributed by atoms with Crippen LogP contribution < -0.4 is 10.4 Å². The molecule has 3 aliphatic carbocycles. The molecule has 336 valence electrons. The van der Waals surface area contributed by atoms with Gasteiger partial charge in [0.1, 0.15) is 11.2 Å². The molecule has 1 fully saturated rings. The van der Waals surface area contributed by atoms with E-state index in [2.05, 4.69) is 256 Å². The zero-order valence-corrected chi connectivity index (χ0v) is 40.9.